The number of rotatable bonds is 6. The lowest BCUT2D eigenvalue weighted by atomic mass is 10.2. The minimum absolute atomic E-state index is 0.0184. The lowest BCUT2D eigenvalue weighted by Gasteiger charge is -2.16. The monoisotopic (exact) mass is 353 g/mol. The van der Waals surface area contributed by atoms with Crippen molar-refractivity contribution in [2.45, 2.75) is 38.3 Å². The SMILES string of the molecule is C[NH+](CC(=O)Nc1ccnn1C1CCCC1)Cc1ccc(Cl)s1. The molecule has 1 fully saturated rings. The molecule has 0 spiro atoms. The lowest BCUT2D eigenvalue weighted by Crippen LogP contribution is -3.08. The number of carbonyl (C=O) groups excluding carboxylic acids is 1. The second kappa shape index (κ2) is 7.47. The molecule has 2 aromatic rings. The van der Waals surface area contributed by atoms with Gasteiger partial charge in [-0.3, -0.25) is 4.79 Å². The Kier molecular flexibility index (Phi) is 5.35. The maximum Gasteiger partial charge on any atom is 0.280 e. The van der Waals surface area contributed by atoms with E-state index >= 15 is 0 Å². The van der Waals surface area contributed by atoms with E-state index in [0.717, 1.165) is 34.4 Å². The number of quaternary nitrogens is 1. The van der Waals surface area contributed by atoms with Gasteiger partial charge in [0.15, 0.2) is 6.54 Å². The van der Waals surface area contributed by atoms with Crippen molar-refractivity contribution >= 4 is 34.7 Å². The first-order valence-corrected chi connectivity index (χ1v) is 9.20. The fraction of sp³-hybridized carbons (Fsp3) is 0.500. The number of carbonyl (C=O) groups is 1. The lowest BCUT2D eigenvalue weighted by molar-refractivity contribution is -0.884. The van der Waals surface area contributed by atoms with Crippen LogP contribution in [0.1, 0.15) is 36.6 Å². The molecule has 3 rings (SSSR count). The Bertz CT molecular complexity index is 663. The average molecular weight is 354 g/mol. The summed E-state index contributed by atoms with van der Waals surface area (Å²) in [5.74, 6) is 0.832. The van der Waals surface area contributed by atoms with Crippen molar-refractivity contribution in [2.75, 3.05) is 18.9 Å². The van der Waals surface area contributed by atoms with Crippen LogP contribution in [0.5, 0.6) is 0 Å². The van der Waals surface area contributed by atoms with E-state index in [1.165, 1.54) is 17.7 Å². The molecule has 0 aromatic carbocycles. The van der Waals surface area contributed by atoms with E-state index in [9.17, 15) is 4.79 Å². The number of aromatic nitrogens is 2. The van der Waals surface area contributed by atoms with Gasteiger partial charge in [0.05, 0.1) is 28.5 Å². The normalized spacial score (nSPS) is 16.6. The Morgan fingerprint density at radius 3 is 2.91 bits per heavy atom. The molecule has 1 aliphatic carbocycles. The quantitative estimate of drug-likeness (QED) is 0.837. The standard InChI is InChI=1S/C16H21ClN4OS/c1-20(10-13-6-7-14(17)23-13)11-16(22)19-15-8-9-18-21(15)12-4-2-3-5-12/h6-9,12H,2-5,10-11H2,1H3,(H,19,22)/p+1. The highest BCUT2D eigenvalue weighted by atomic mass is 35.5. The molecule has 1 aliphatic rings. The van der Waals surface area contributed by atoms with E-state index in [4.69, 9.17) is 11.6 Å². The van der Waals surface area contributed by atoms with Crippen molar-refractivity contribution in [1.29, 1.82) is 0 Å². The maximum absolute atomic E-state index is 12.3. The fourth-order valence-corrected chi connectivity index (χ4v) is 4.32. The molecular formula is C16H22ClN4OS+. The second-order valence-electron chi connectivity index (χ2n) is 6.16. The maximum atomic E-state index is 12.3. The van der Waals surface area contributed by atoms with Crippen LogP contribution in [0.25, 0.3) is 0 Å². The first-order valence-electron chi connectivity index (χ1n) is 8.00. The summed E-state index contributed by atoms with van der Waals surface area (Å²) in [7, 11) is 2.02. The Morgan fingerprint density at radius 1 is 1.43 bits per heavy atom. The predicted molar refractivity (Wildman–Crippen MR) is 93.1 cm³/mol. The fourth-order valence-electron chi connectivity index (χ4n) is 3.12. The number of nitrogens with one attached hydrogen (secondary N) is 2. The number of likely N-dealkylation sites (N-methyl/N-ethyl adjacent to an activating group) is 1. The number of hydrogen-bond acceptors (Lipinski definition) is 3. The van der Waals surface area contributed by atoms with Crippen molar-refractivity contribution in [1.82, 2.24) is 9.78 Å². The van der Waals surface area contributed by atoms with Gasteiger partial charge >= 0.3 is 0 Å². The van der Waals surface area contributed by atoms with E-state index < -0.39 is 0 Å². The van der Waals surface area contributed by atoms with E-state index in [1.807, 2.05) is 29.9 Å². The number of thiophene rings is 1. The van der Waals surface area contributed by atoms with Crippen LogP contribution in [0, 0.1) is 0 Å². The Labute approximate surface area is 145 Å². The molecule has 0 radical (unpaired) electrons. The summed E-state index contributed by atoms with van der Waals surface area (Å²) in [6, 6.07) is 6.22. The molecule has 1 unspecified atom stereocenters. The highest BCUT2D eigenvalue weighted by molar-refractivity contribution is 7.16. The summed E-state index contributed by atoms with van der Waals surface area (Å²) < 4.78 is 2.76. The molecule has 0 bridgehead atoms. The van der Waals surface area contributed by atoms with Crippen LogP contribution in [-0.4, -0.2) is 29.3 Å². The van der Waals surface area contributed by atoms with Crippen LogP contribution in [0.3, 0.4) is 0 Å². The number of anilines is 1. The number of nitrogens with zero attached hydrogens (tertiary/aromatic N) is 2. The zero-order valence-corrected chi connectivity index (χ0v) is 14.8. The van der Waals surface area contributed by atoms with Crippen molar-refractivity contribution in [3.63, 3.8) is 0 Å². The molecule has 23 heavy (non-hydrogen) atoms. The van der Waals surface area contributed by atoms with Crippen LogP contribution in [0.2, 0.25) is 4.34 Å². The van der Waals surface area contributed by atoms with Gasteiger partial charge < -0.3 is 10.2 Å². The summed E-state index contributed by atoms with van der Waals surface area (Å²) in [6.45, 7) is 1.22. The van der Waals surface area contributed by atoms with Gasteiger partial charge in [-0.05, 0) is 25.0 Å². The molecule has 0 saturated heterocycles. The van der Waals surface area contributed by atoms with Crippen LogP contribution in [0.15, 0.2) is 24.4 Å². The van der Waals surface area contributed by atoms with Gasteiger partial charge in [0.1, 0.15) is 12.4 Å². The van der Waals surface area contributed by atoms with Gasteiger partial charge in [0.2, 0.25) is 0 Å². The molecular weight excluding hydrogens is 332 g/mol. The molecule has 0 aliphatic heterocycles. The molecule has 2 aromatic heterocycles. The van der Waals surface area contributed by atoms with Crippen molar-refractivity contribution in [2.24, 2.45) is 0 Å². The zero-order valence-electron chi connectivity index (χ0n) is 13.2. The van der Waals surface area contributed by atoms with Gasteiger partial charge in [-0.15, -0.1) is 11.3 Å². The minimum Gasteiger partial charge on any atom is -0.325 e. The molecule has 1 amide bonds. The third-order valence-corrected chi connectivity index (χ3v) is 5.41. The third-order valence-electron chi connectivity index (χ3n) is 4.18. The van der Waals surface area contributed by atoms with Gasteiger partial charge in [0, 0.05) is 6.07 Å². The van der Waals surface area contributed by atoms with E-state index in [1.54, 1.807) is 17.5 Å². The highest BCUT2D eigenvalue weighted by Crippen LogP contribution is 2.31. The Hall–Kier alpha value is -1.37. The minimum atomic E-state index is 0.0184. The summed E-state index contributed by atoms with van der Waals surface area (Å²) in [4.78, 5) is 14.6. The summed E-state index contributed by atoms with van der Waals surface area (Å²) in [5, 5.41) is 7.39. The van der Waals surface area contributed by atoms with Gasteiger partial charge in [-0.1, -0.05) is 24.4 Å². The van der Waals surface area contributed by atoms with E-state index in [0.29, 0.717) is 12.6 Å². The molecule has 1 atom stereocenters. The zero-order chi connectivity index (χ0) is 16.2. The number of halogens is 1. The molecule has 2 N–H and O–H groups in total. The molecule has 7 heteroatoms. The van der Waals surface area contributed by atoms with Crippen LogP contribution in [-0.2, 0) is 11.3 Å². The van der Waals surface area contributed by atoms with Gasteiger partial charge in [-0.2, -0.15) is 5.10 Å². The van der Waals surface area contributed by atoms with Crippen molar-refractivity contribution in [3.05, 3.63) is 33.6 Å². The Balaban J connectivity index is 1.54. The van der Waals surface area contributed by atoms with Crippen molar-refractivity contribution < 1.29 is 9.69 Å². The molecule has 2 heterocycles. The van der Waals surface area contributed by atoms with Gasteiger partial charge in [0.25, 0.3) is 5.91 Å². The topological polar surface area (TPSA) is 51.4 Å². The number of hydrogen-bond donors (Lipinski definition) is 2. The highest BCUT2D eigenvalue weighted by Gasteiger charge is 2.21. The molecule has 1 saturated carbocycles. The molecule has 5 nitrogen and oxygen atoms in total. The first kappa shape index (κ1) is 16.5. The summed E-state index contributed by atoms with van der Waals surface area (Å²) in [5.41, 5.74) is 0. The summed E-state index contributed by atoms with van der Waals surface area (Å²) >= 11 is 7.51. The van der Waals surface area contributed by atoms with Crippen LogP contribution < -0.4 is 10.2 Å². The first-order chi connectivity index (χ1) is 11.1. The van der Waals surface area contributed by atoms with Gasteiger partial charge in [-0.25, -0.2) is 4.68 Å². The van der Waals surface area contributed by atoms with Crippen molar-refractivity contribution in [3.8, 4) is 0 Å². The average Bonchev–Trinajstić information content (AvgIpc) is 3.20. The molecule has 124 valence electrons. The Morgan fingerprint density at radius 2 is 2.22 bits per heavy atom. The van der Waals surface area contributed by atoms with E-state index in [-0.39, 0.29) is 5.91 Å². The second-order valence-corrected chi connectivity index (χ2v) is 7.96. The third kappa shape index (κ3) is 4.34. The summed E-state index contributed by atoms with van der Waals surface area (Å²) in [6.07, 6.45) is 6.55. The van der Waals surface area contributed by atoms with Crippen LogP contribution >= 0.6 is 22.9 Å². The smallest absolute Gasteiger partial charge is 0.280 e. The largest absolute Gasteiger partial charge is 0.325 e. The predicted octanol–water partition coefficient (Wildman–Crippen LogP) is 2.37. The van der Waals surface area contributed by atoms with Crippen LogP contribution in [0.4, 0.5) is 5.82 Å². The van der Waals surface area contributed by atoms with E-state index in [2.05, 4.69) is 10.4 Å². The number of amides is 1.